The summed E-state index contributed by atoms with van der Waals surface area (Å²) in [6.07, 6.45) is 1.00. The van der Waals surface area contributed by atoms with Crippen molar-refractivity contribution in [2.75, 3.05) is 13.7 Å². The van der Waals surface area contributed by atoms with Crippen molar-refractivity contribution in [3.63, 3.8) is 0 Å². The quantitative estimate of drug-likeness (QED) is 0.924. The minimum atomic E-state index is -0.338. The number of methoxy groups -OCH3 is 1. The van der Waals surface area contributed by atoms with Crippen LogP contribution in [0, 0.1) is 5.82 Å². The lowest BCUT2D eigenvalue weighted by Crippen LogP contribution is -2.32. The van der Waals surface area contributed by atoms with Crippen LogP contribution in [0.2, 0.25) is 0 Å². The van der Waals surface area contributed by atoms with Crippen molar-refractivity contribution in [2.24, 2.45) is 0 Å². The molecular weight excluding hydrogens is 301 g/mol. The van der Waals surface area contributed by atoms with Crippen molar-refractivity contribution in [2.45, 2.75) is 25.0 Å². The molecule has 1 aromatic rings. The SMILES string of the molecule is COC1CNC(C(=O)Cc2cccc(F)c2Br)C1. The smallest absolute Gasteiger partial charge is 0.154 e. The fourth-order valence-corrected chi connectivity index (χ4v) is 2.53. The number of benzene rings is 1. The molecule has 2 rings (SSSR count). The summed E-state index contributed by atoms with van der Waals surface area (Å²) >= 11 is 3.17. The number of Topliss-reactive ketones (excluding diaryl/α,β-unsaturated/α-hetero) is 1. The van der Waals surface area contributed by atoms with Crippen LogP contribution in [-0.2, 0) is 16.0 Å². The van der Waals surface area contributed by atoms with Crippen LogP contribution in [0.1, 0.15) is 12.0 Å². The number of ketones is 1. The molecule has 1 fully saturated rings. The summed E-state index contributed by atoms with van der Waals surface area (Å²) in [6.45, 7) is 0.692. The van der Waals surface area contributed by atoms with Gasteiger partial charge in [0.2, 0.25) is 0 Å². The van der Waals surface area contributed by atoms with E-state index in [1.165, 1.54) is 6.07 Å². The zero-order chi connectivity index (χ0) is 13.1. The van der Waals surface area contributed by atoms with E-state index < -0.39 is 0 Å². The van der Waals surface area contributed by atoms with E-state index in [0.717, 1.165) is 0 Å². The van der Waals surface area contributed by atoms with Gasteiger partial charge in [0, 0.05) is 20.1 Å². The third kappa shape index (κ3) is 2.96. The van der Waals surface area contributed by atoms with Gasteiger partial charge >= 0.3 is 0 Å². The summed E-state index contributed by atoms with van der Waals surface area (Å²) in [6, 6.07) is 4.55. The minimum absolute atomic E-state index is 0.0702. The van der Waals surface area contributed by atoms with Gasteiger partial charge in [-0.3, -0.25) is 4.79 Å². The van der Waals surface area contributed by atoms with Crippen LogP contribution < -0.4 is 5.32 Å². The Balaban J connectivity index is 2.01. The number of ether oxygens (including phenoxy) is 1. The van der Waals surface area contributed by atoms with Gasteiger partial charge in [-0.25, -0.2) is 4.39 Å². The fourth-order valence-electron chi connectivity index (χ4n) is 2.12. The third-order valence-corrected chi connectivity index (χ3v) is 4.10. The van der Waals surface area contributed by atoms with Gasteiger partial charge in [-0.2, -0.15) is 0 Å². The molecular formula is C13H15BrFNO2. The molecule has 1 saturated heterocycles. The second-order valence-corrected chi connectivity index (χ2v) is 5.20. The lowest BCUT2D eigenvalue weighted by molar-refractivity contribution is -0.120. The molecule has 1 aliphatic heterocycles. The zero-order valence-corrected chi connectivity index (χ0v) is 11.7. The first kappa shape index (κ1) is 13.6. The first-order valence-electron chi connectivity index (χ1n) is 5.83. The minimum Gasteiger partial charge on any atom is -0.380 e. The Hall–Kier alpha value is -0.780. The van der Waals surface area contributed by atoms with Crippen LogP contribution in [0.25, 0.3) is 0 Å². The van der Waals surface area contributed by atoms with Gasteiger partial charge in [0.25, 0.3) is 0 Å². The normalized spacial score (nSPS) is 23.3. The summed E-state index contributed by atoms with van der Waals surface area (Å²) in [7, 11) is 1.64. The second-order valence-electron chi connectivity index (χ2n) is 4.41. The van der Waals surface area contributed by atoms with Crippen molar-refractivity contribution in [1.82, 2.24) is 5.32 Å². The second kappa shape index (κ2) is 5.91. The van der Waals surface area contributed by atoms with E-state index in [1.807, 2.05) is 0 Å². The predicted molar refractivity (Wildman–Crippen MR) is 70.0 cm³/mol. The Morgan fingerprint density at radius 2 is 2.39 bits per heavy atom. The van der Waals surface area contributed by atoms with E-state index in [9.17, 15) is 9.18 Å². The van der Waals surface area contributed by atoms with Crippen molar-refractivity contribution < 1.29 is 13.9 Å². The molecule has 0 radical (unpaired) electrons. The molecule has 1 heterocycles. The number of carbonyl (C=O) groups is 1. The molecule has 0 aromatic heterocycles. The highest BCUT2D eigenvalue weighted by Crippen LogP contribution is 2.22. The van der Waals surface area contributed by atoms with Crippen LogP contribution in [0.3, 0.4) is 0 Å². The Kier molecular flexibility index (Phi) is 4.48. The first-order chi connectivity index (χ1) is 8.61. The molecule has 0 aliphatic carbocycles. The Morgan fingerprint density at radius 3 is 3.06 bits per heavy atom. The van der Waals surface area contributed by atoms with Crippen LogP contribution in [0.5, 0.6) is 0 Å². The van der Waals surface area contributed by atoms with Gasteiger partial charge in [0.15, 0.2) is 5.78 Å². The van der Waals surface area contributed by atoms with Crippen molar-refractivity contribution in [1.29, 1.82) is 0 Å². The Bertz CT molecular complexity index is 453. The summed E-state index contributed by atoms with van der Waals surface area (Å²) in [4.78, 5) is 12.1. The number of hydrogen-bond donors (Lipinski definition) is 1. The van der Waals surface area contributed by atoms with E-state index in [1.54, 1.807) is 19.2 Å². The highest BCUT2D eigenvalue weighted by molar-refractivity contribution is 9.10. The van der Waals surface area contributed by atoms with Crippen LogP contribution >= 0.6 is 15.9 Å². The number of hydrogen-bond acceptors (Lipinski definition) is 3. The fraction of sp³-hybridized carbons (Fsp3) is 0.462. The van der Waals surface area contributed by atoms with Crippen LogP contribution in [0.4, 0.5) is 4.39 Å². The van der Waals surface area contributed by atoms with E-state index in [0.29, 0.717) is 23.0 Å². The average molecular weight is 316 g/mol. The molecule has 0 bridgehead atoms. The van der Waals surface area contributed by atoms with Crippen molar-refractivity contribution in [3.05, 3.63) is 34.1 Å². The maximum absolute atomic E-state index is 13.3. The number of halogens is 2. The topological polar surface area (TPSA) is 38.3 Å². The van der Waals surface area contributed by atoms with Crippen LogP contribution in [0.15, 0.2) is 22.7 Å². The largest absolute Gasteiger partial charge is 0.380 e. The monoisotopic (exact) mass is 315 g/mol. The Morgan fingerprint density at radius 1 is 1.61 bits per heavy atom. The summed E-state index contributed by atoms with van der Waals surface area (Å²) in [5.41, 5.74) is 0.683. The highest BCUT2D eigenvalue weighted by Gasteiger charge is 2.29. The Labute approximate surface area is 114 Å². The molecule has 2 unspecified atom stereocenters. The summed E-state index contributed by atoms with van der Waals surface area (Å²) in [5.74, 6) is -0.268. The number of rotatable bonds is 4. The molecule has 0 spiro atoms. The van der Waals surface area contributed by atoms with Gasteiger partial charge in [-0.05, 0) is 34.0 Å². The van der Waals surface area contributed by atoms with Crippen molar-refractivity contribution >= 4 is 21.7 Å². The van der Waals surface area contributed by atoms with E-state index in [4.69, 9.17) is 4.74 Å². The molecule has 2 atom stereocenters. The first-order valence-corrected chi connectivity index (χ1v) is 6.63. The summed E-state index contributed by atoms with van der Waals surface area (Å²) in [5, 5.41) is 3.13. The predicted octanol–water partition coefficient (Wildman–Crippen LogP) is 2.08. The highest BCUT2D eigenvalue weighted by atomic mass is 79.9. The van der Waals surface area contributed by atoms with E-state index in [-0.39, 0.29) is 30.2 Å². The molecule has 0 amide bonds. The van der Waals surface area contributed by atoms with Gasteiger partial charge in [-0.1, -0.05) is 12.1 Å². The van der Waals surface area contributed by atoms with Gasteiger partial charge in [-0.15, -0.1) is 0 Å². The lowest BCUT2D eigenvalue weighted by Gasteiger charge is -2.10. The van der Waals surface area contributed by atoms with E-state index >= 15 is 0 Å². The third-order valence-electron chi connectivity index (χ3n) is 3.21. The molecule has 1 aliphatic rings. The number of nitrogens with one attached hydrogen (secondary N) is 1. The molecule has 3 nitrogen and oxygen atoms in total. The van der Waals surface area contributed by atoms with Crippen molar-refractivity contribution in [3.8, 4) is 0 Å². The standard InChI is InChI=1S/C13H15BrFNO2/c1-18-9-6-11(16-7-9)12(17)5-8-3-2-4-10(15)13(8)14/h2-4,9,11,16H,5-7H2,1H3. The van der Waals surface area contributed by atoms with E-state index in [2.05, 4.69) is 21.2 Å². The van der Waals surface area contributed by atoms with Gasteiger partial charge in [0.05, 0.1) is 16.6 Å². The zero-order valence-electron chi connectivity index (χ0n) is 10.1. The van der Waals surface area contributed by atoms with Gasteiger partial charge < -0.3 is 10.1 Å². The lowest BCUT2D eigenvalue weighted by atomic mass is 10.0. The maximum atomic E-state index is 13.3. The number of carbonyl (C=O) groups excluding carboxylic acids is 1. The molecule has 0 saturated carbocycles. The summed E-state index contributed by atoms with van der Waals surface area (Å²) < 4.78 is 18.9. The molecule has 18 heavy (non-hydrogen) atoms. The van der Waals surface area contributed by atoms with Gasteiger partial charge in [0.1, 0.15) is 5.82 Å². The average Bonchev–Trinajstić information content (AvgIpc) is 2.83. The van der Waals surface area contributed by atoms with Crippen LogP contribution in [-0.4, -0.2) is 31.6 Å². The maximum Gasteiger partial charge on any atom is 0.154 e. The molecule has 98 valence electrons. The molecule has 1 N–H and O–H groups in total. The molecule has 5 heteroatoms. The molecule has 1 aromatic carbocycles.